The summed E-state index contributed by atoms with van der Waals surface area (Å²) in [5, 5.41) is 24.8. The Bertz CT molecular complexity index is 1780. The van der Waals surface area contributed by atoms with Gasteiger partial charge in [-0.1, -0.05) is 48.5 Å². The van der Waals surface area contributed by atoms with Gasteiger partial charge in [0.05, 0.1) is 21.7 Å². The minimum Gasteiger partial charge on any atom is -0.267 e. The lowest BCUT2D eigenvalue weighted by molar-refractivity contribution is 0.597. The SMILES string of the molecule is NS(=O)(=O)c1ccc(N2N=C(c3ccccc3)CC2c2nnc3c4ccccc4c(=O)[nH]n23)cc1. The molecule has 5 aromatic rings. The van der Waals surface area contributed by atoms with Crippen LogP contribution < -0.4 is 15.7 Å². The van der Waals surface area contributed by atoms with Crippen LogP contribution in [0.1, 0.15) is 23.9 Å². The van der Waals surface area contributed by atoms with Crippen LogP contribution in [-0.4, -0.2) is 33.9 Å². The molecule has 11 heteroatoms. The van der Waals surface area contributed by atoms with Crippen LogP contribution in [-0.2, 0) is 10.0 Å². The molecule has 10 nitrogen and oxygen atoms in total. The molecule has 2 aromatic heterocycles. The van der Waals surface area contributed by atoms with Gasteiger partial charge >= 0.3 is 0 Å². The maximum atomic E-state index is 12.8. The first-order chi connectivity index (χ1) is 16.9. The van der Waals surface area contributed by atoms with Crippen molar-refractivity contribution < 1.29 is 8.42 Å². The van der Waals surface area contributed by atoms with Gasteiger partial charge in [0.2, 0.25) is 10.0 Å². The van der Waals surface area contributed by atoms with E-state index < -0.39 is 16.1 Å². The number of hydrazone groups is 1. The lowest BCUT2D eigenvalue weighted by Gasteiger charge is -2.22. The molecular weight excluding hydrogens is 466 g/mol. The zero-order valence-electron chi connectivity index (χ0n) is 18.2. The molecule has 3 heterocycles. The quantitative estimate of drug-likeness (QED) is 0.401. The smallest absolute Gasteiger partial charge is 0.267 e. The molecule has 35 heavy (non-hydrogen) atoms. The van der Waals surface area contributed by atoms with E-state index in [1.54, 1.807) is 33.8 Å². The number of fused-ring (bicyclic) bond motifs is 3. The fourth-order valence-corrected chi connectivity index (χ4v) is 4.89. The number of nitrogens with zero attached hydrogens (tertiary/aromatic N) is 5. The Kier molecular flexibility index (Phi) is 4.76. The highest BCUT2D eigenvalue weighted by molar-refractivity contribution is 7.89. The van der Waals surface area contributed by atoms with Gasteiger partial charge in [-0.25, -0.2) is 18.1 Å². The molecule has 0 amide bonds. The average Bonchev–Trinajstić information content (AvgIpc) is 3.49. The Morgan fingerprint density at radius 1 is 0.886 bits per heavy atom. The fourth-order valence-electron chi connectivity index (χ4n) is 4.38. The maximum absolute atomic E-state index is 12.8. The van der Waals surface area contributed by atoms with Gasteiger partial charge in [0, 0.05) is 11.8 Å². The minimum atomic E-state index is -3.83. The van der Waals surface area contributed by atoms with Crippen molar-refractivity contribution in [2.75, 3.05) is 5.01 Å². The third-order valence-corrected chi connectivity index (χ3v) is 6.99. The third kappa shape index (κ3) is 3.57. The summed E-state index contributed by atoms with van der Waals surface area (Å²) in [5.41, 5.74) is 2.71. The molecule has 0 saturated carbocycles. The first-order valence-electron chi connectivity index (χ1n) is 10.8. The number of sulfonamides is 1. The molecule has 0 fully saturated rings. The van der Waals surface area contributed by atoms with Crippen LogP contribution in [0.15, 0.2) is 93.7 Å². The number of H-pyrrole nitrogens is 1. The first-order valence-corrected chi connectivity index (χ1v) is 12.4. The van der Waals surface area contributed by atoms with Crippen molar-refractivity contribution in [2.24, 2.45) is 10.2 Å². The van der Waals surface area contributed by atoms with Gasteiger partial charge in [-0.3, -0.25) is 14.9 Å². The van der Waals surface area contributed by atoms with Crippen molar-refractivity contribution in [2.45, 2.75) is 17.4 Å². The summed E-state index contributed by atoms with van der Waals surface area (Å²) >= 11 is 0. The predicted octanol–water partition coefficient (Wildman–Crippen LogP) is 2.57. The number of nitrogens with one attached hydrogen (secondary N) is 1. The topological polar surface area (TPSA) is 139 Å². The van der Waals surface area contributed by atoms with Gasteiger partial charge in [-0.2, -0.15) is 5.10 Å². The first kappa shape index (κ1) is 21.2. The Morgan fingerprint density at radius 2 is 1.57 bits per heavy atom. The Hall–Kier alpha value is -4.35. The van der Waals surface area contributed by atoms with Crippen molar-refractivity contribution in [3.05, 3.63) is 101 Å². The van der Waals surface area contributed by atoms with Crippen LogP contribution in [0.3, 0.4) is 0 Å². The van der Waals surface area contributed by atoms with E-state index in [4.69, 9.17) is 10.2 Å². The second-order valence-corrected chi connectivity index (χ2v) is 9.78. The van der Waals surface area contributed by atoms with E-state index in [1.165, 1.54) is 12.1 Å². The number of anilines is 1. The van der Waals surface area contributed by atoms with Crippen LogP contribution in [0.25, 0.3) is 16.4 Å². The van der Waals surface area contributed by atoms with E-state index in [9.17, 15) is 13.2 Å². The molecule has 1 unspecified atom stereocenters. The summed E-state index contributed by atoms with van der Waals surface area (Å²) in [5.74, 6) is 0.507. The van der Waals surface area contributed by atoms with Crippen LogP contribution >= 0.6 is 0 Å². The highest BCUT2D eigenvalue weighted by Crippen LogP contribution is 2.36. The third-order valence-electron chi connectivity index (χ3n) is 6.06. The van der Waals surface area contributed by atoms with Crippen molar-refractivity contribution in [1.29, 1.82) is 0 Å². The second kappa shape index (κ2) is 7.86. The summed E-state index contributed by atoms with van der Waals surface area (Å²) in [7, 11) is -3.83. The molecule has 3 N–H and O–H groups in total. The molecule has 0 spiro atoms. The number of benzene rings is 3. The fraction of sp³-hybridized carbons (Fsp3) is 0.0833. The molecule has 1 aliphatic rings. The average molecular weight is 486 g/mol. The van der Waals surface area contributed by atoms with E-state index in [-0.39, 0.29) is 10.5 Å². The zero-order valence-corrected chi connectivity index (χ0v) is 19.1. The van der Waals surface area contributed by atoms with E-state index >= 15 is 0 Å². The van der Waals surface area contributed by atoms with Crippen molar-refractivity contribution in [1.82, 2.24) is 19.8 Å². The Balaban J connectivity index is 1.51. The molecule has 0 radical (unpaired) electrons. The highest BCUT2D eigenvalue weighted by Gasteiger charge is 2.34. The normalized spacial score (nSPS) is 16.2. The molecular formula is C24H19N7O3S. The van der Waals surface area contributed by atoms with Crippen molar-refractivity contribution >= 4 is 37.8 Å². The van der Waals surface area contributed by atoms with Crippen LogP contribution in [0.4, 0.5) is 5.69 Å². The Morgan fingerprint density at radius 3 is 2.29 bits per heavy atom. The molecule has 6 rings (SSSR count). The Labute approximate surface area is 199 Å². The monoisotopic (exact) mass is 485 g/mol. The maximum Gasteiger partial charge on any atom is 0.270 e. The number of hydrogen-bond donors (Lipinski definition) is 2. The van der Waals surface area contributed by atoms with Crippen LogP contribution in [0.2, 0.25) is 0 Å². The predicted molar refractivity (Wildman–Crippen MR) is 132 cm³/mol. The summed E-state index contributed by atoms with van der Waals surface area (Å²) in [6, 6.07) is 22.7. The molecule has 3 aromatic carbocycles. The van der Waals surface area contributed by atoms with Crippen molar-refractivity contribution in [3.63, 3.8) is 0 Å². The van der Waals surface area contributed by atoms with E-state index in [0.29, 0.717) is 34.4 Å². The minimum absolute atomic E-state index is 0.00740. The van der Waals surface area contributed by atoms with E-state index in [0.717, 1.165) is 11.3 Å². The zero-order chi connectivity index (χ0) is 24.2. The van der Waals surface area contributed by atoms with Gasteiger partial charge in [0.15, 0.2) is 11.5 Å². The number of primary sulfonamides is 1. The number of nitrogens with two attached hydrogens (primary N) is 1. The van der Waals surface area contributed by atoms with Gasteiger partial charge in [-0.15, -0.1) is 10.2 Å². The summed E-state index contributed by atoms with van der Waals surface area (Å²) in [6.07, 6.45) is 0.497. The number of aromatic nitrogens is 4. The molecule has 0 saturated heterocycles. The van der Waals surface area contributed by atoms with E-state index in [1.807, 2.05) is 42.5 Å². The van der Waals surface area contributed by atoms with Crippen LogP contribution in [0.5, 0.6) is 0 Å². The lowest BCUT2D eigenvalue weighted by Crippen LogP contribution is -2.23. The number of hydrogen-bond acceptors (Lipinski definition) is 7. The molecule has 0 aliphatic carbocycles. The molecule has 0 bridgehead atoms. The van der Waals surface area contributed by atoms with Gasteiger partial charge < -0.3 is 0 Å². The van der Waals surface area contributed by atoms with Gasteiger partial charge in [0.1, 0.15) is 6.04 Å². The molecule has 174 valence electrons. The molecule has 1 atom stereocenters. The largest absolute Gasteiger partial charge is 0.270 e. The summed E-state index contributed by atoms with van der Waals surface area (Å²) in [4.78, 5) is 12.8. The van der Waals surface area contributed by atoms with Crippen molar-refractivity contribution in [3.8, 4) is 0 Å². The number of rotatable bonds is 4. The van der Waals surface area contributed by atoms with Crippen LogP contribution in [0, 0.1) is 0 Å². The lowest BCUT2D eigenvalue weighted by atomic mass is 10.0. The van der Waals surface area contributed by atoms with Gasteiger partial charge in [-0.05, 0) is 35.9 Å². The number of aromatic amines is 1. The summed E-state index contributed by atoms with van der Waals surface area (Å²) < 4.78 is 25.0. The second-order valence-electron chi connectivity index (χ2n) is 8.22. The standard InChI is InChI=1S/C24H19N7O3S/c25-35(33,34)17-12-10-16(11-13-17)30-21(14-20(28-30)15-6-2-1-3-7-15)23-27-26-22-18-8-4-5-9-19(18)24(32)29-31(22)23/h1-13,21H,14H2,(H,29,32)(H2,25,33,34). The van der Waals surface area contributed by atoms with E-state index in [2.05, 4.69) is 15.3 Å². The molecule has 1 aliphatic heterocycles. The summed E-state index contributed by atoms with van der Waals surface area (Å²) in [6.45, 7) is 0. The van der Waals surface area contributed by atoms with Gasteiger partial charge in [0.25, 0.3) is 5.56 Å². The highest BCUT2D eigenvalue weighted by atomic mass is 32.2.